The Morgan fingerprint density at radius 2 is 1.68 bits per heavy atom. The number of carbonyl (C=O) groups is 1. The third-order valence-corrected chi connectivity index (χ3v) is 3.15. The van der Waals surface area contributed by atoms with E-state index in [2.05, 4.69) is 59.1 Å². The number of aryl methyl sites for hydroxylation is 1. The van der Waals surface area contributed by atoms with E-state index in [1.165, 1.54) is 18.1 Å². The van der Waals surface area contributed by atoms with Gasteiger partial charge in [0.15, 0.2) is 5.96 Å². The van der Waals surface area contributed by atoms with E-state index in [1.54, 1.807) is 0 Å². The van der Waals surface area contributed by atoms with E-state index in [-0.39, 0.29) is 5.91 Å². The molecule has 0 spiro atoms. The fraction of sp³-hybridized carbons (Fsp3) is 0.529. The molecule has 0 atom stereocenters. The number of guanidine groups is 1. The molecule has 0 aliphatic rings. The van der Waals surface area contributed by atoms with Crippen LogP contribution < -0.4 is 16.0 Å². The van der Waals surface area contributed by atoms with Gasteiger partial charge in [0.05, 0.1) is 6.54 Å². The second-order valence-electron chi connectivity index (χ2n) is 5.34. The molecular formula is C17H28N4O. The molecule has 122 valence electrons. The summed E-state index contributed by atoms with van der Waals surface area (Å²) in [7, 11) is 0. The van der Waals surface area contributed by atoms with E-state index < -0.39 is 0 Å². The highest BCUT2D eigenvalue weighted by molar-refractivity contribution is 5.79. The first kappa shape index (κ1) is 18.0. The number of hydrogen-bond donors (Lipinski definition) is 3. The molecule has 5 nitrogen and oxygen atoms in total. The Bertz CT molecular complexity index is 468. The van der Waals surface area contributed by atoms with E-state index >= 15 is 0 Å². The zero-order chi connectivity index (χ0) is 16.2. The molecule has 1 amide bonds. The van der Waals surface area contributed by atoms with Gasteiger partial charge in [0, 0.05) is 26.6 Å². The Kier molecular flexibility index (Phi) is 8.72. The van der Waals surface area contributed by atoms with Crippen molar-refractivity contribution in [3.8, 4) is 0 Å². The third-order valence-electron chi connectivity index (χ3n) is 3.15. The Hall–Kier alpha value is -2.04. The number of benzene rings is 1. The van der Waals surface area contributed by atoms with Gasteiger partial charge in [0.1, 0.15) is 0 Å². The Morgan fingerprint density at radius 1 is 1.05 bits per heavy atom. The molecular weight excluding hydrogens is 276 g/mol. The van der Waals surface area contributed by atoms with Crippen LogP contribution in [-0.4, -0.2) is 31.5 Å². The summed E-state index contributed by atoms with van der Waals surface area (Å²) in [6.45, 7) is 8.55. The average Bonchev–Trinajstić information content (AvgIpc) is 2.50. The summed E-state index contributed by atoms with van der Waals surface area (Å²) in [5, 5.41) is 9.32. The van der Waals surface area contributed by atoms with Gasteiger partial charge in [0.25, 0.3) is 0 Å². The van der Waals surface area contributed by atoms with E-state index in [0.29, 0.717) is 19.6 Å². The van der Waals surface area contributed by atoms with Crippen molar-refractivity contribution in [3.05, 3.63) is 35.4 Å². The van der Waals surface area contributed by atoms with E-state index in [0.717, 1.165) is 25.3 Å². The maximum atomic E-state index is 10.9. The normalized spacial score (nSPS) is 11.1. The molecule has 0 aliphatic carbocycles. The highest BCUT2D eigenvalue weighted by Gasteiger charge is 1.99. The van der Waals surface area contributed by atoms with Crippen LogP contribution in [0.3, 0.4) is 0 Å². The number of unbranched alkanes of at least 4 members (excludes halogenated alkanes) is 1. The van der Waals surface area contributed by atoms with Crippen LogP contribution in [0, 0.1) is 6.92 Å². The lowest BCUT2D eigenvalue weighted by Gasteiger charge is -2.12. The maximum Gasteiger partial charge on any atom is 0.216 e. The third kappa shape index (κ3) is 8.29. The summed E-state index contributed by atoms with van der Waals surface area (Å²) >= 11 is 0. The highest BCUT2D eigenvalue weighted by Crippen LogP contribution is 2.04. The second kappa shape index (κ2) is 10.7. The standard InChI is InChI=1S/C17H28N4O/c1-4-5-10-19-17(20-12-11-18-15(3)22)21-13-16-8-6-14(2)7-9-16/h6-9H,4-5,10-13H2,1-3H3,(H,18,22)(H2,19,20,21). The van der Waals surface area contributed by atoms with Crippen LogP contribution >= 0.6 is 0 Å². The summed E-state index contributed by atoms with van der Waals surface area (Å²) in [6, 6.07) is 8.39. The van der Waals surface area contributed by atoms with Gasteiger partial charge in [-0.15, -0.1) is 0 Å². The zero-order valence-electron chi connectivity index (χ0n) is 13.9. The van der Waals surface area contributed by atoms with Gasteiger partial charge in [-0.25, -0.2) is 4.99 Å². The quantitative estimate of drug-likeness (QED) is 0.391. The van der Waals surface area contributed by atoms with E-state index in [9.17, 15) is 4.79 Å². The van der Waals surface area contributed by atoms with Gasteiger partial charge >= 0.3 is 0 Å². The van der Waals surface area contributed by atoms with Crippen LogP contribution in [0.2, 0.25) is 0 Å². The van der Waals surface area contributed by atoms with Gasteiger partial charge in [-0.2, -0.15) is 0 Å². The molecule has 0 saturated carbocycles. The van der Waals surface area contributed by atoms with Gasteiger partial charge in [-0.05, 0) is 18.9 Å². The number of amides is 1. The highest BCUT2D eigenvalue weighted by atomic mass is 16.1. The molecule has 0 saturated heterocycles. The van der Waals surface area contributed by atoms with Gasteiger partial charge in [0.2, 0.25) is 5.91 Å². The zero-order valence-corrected chi connectivity index (χ0v) is 13.9. The smallest absolute Gasteiger partial charge is 0.216 e. The van der Waals surface area contributed by atoms with Crippen molar-refractivity contribution in [1.82, 2.24) is 16.0 Å². The summed E-state index contributed by atoms with van der Waals surface area (Å²) < 4.78 is 0. The molecule has 0 fully saturated rings. The molecule has 1 aromatic rings. The molecule has 0 bridgehead atoms. The van der Waals surface area contributed by atoms with Gasteiger partial charge < -0.3 is 16.0 Å². The molecule has 5 heteroatoms. The molecule has 0 heterocycles. The van der Waals surface area contributed by atoms with E-state index in [4.69, 9.17) is 0 Å². The van der Waals surface area contributed by atoms with Crippen LogP contribution in [0.1, 0.15) is 37.8 Å². The first-order valence-electron chi connectivity index (χ1n) is 7.94. The van der Waals surface area contributed by atoms with Crippen molar-refractivity contribution in [2.45, 2.75) is 40.2 Å². The summed E-state index contributed by atoms with van der Waals surface area (Å²) in [6.07, 6.45) is 2.25. The van der Waals surface area contributed by atoms with Crippen molar-refractivity contribution < 1.29 is 4.79 Å². The monoisotopic (exact) mass is 304 g/mol. The van der Waals surface area contributed by atoms with Crippen LogP contribution in [0.25, 0.3) is 0 Å². The Labute approximate surface area is 133 Å². The average molecular weight is 304 g/mol. The fourth-order valence-corrected chi connectivity index (χ4v) is 1.84. The first-order valence-corrected chi connectivity index (χ1v) is 7.94. The topological polar surface area (TPSA) is 65.5 Å². The van der Waals surface area contributed by atoms with Gasteiger partial charge in [-0.3, -0.25) is 4.79 Å². The molecule has 0 aliphatic heterocycles. The summed E-state index contributed by atoms with van der Waals surface area (Å²) in [5.41, 5.74) is 2.44. The number of nitrogens with zero attached hydrogens (tertiary/aromatic N) is 1. The maximum absolute atomic E-state index is 10.9. The molecule has 22 heavy (non-hydrogen) atoms. The number of aliphatic imine (C=N–C) groups is 1. The van der Waals surface area contributed by atoms with Crippen LogP contribution in [0.15, 0.2) is 29.3 Å². The van der Waals surface area contributed by atoms with Crippen molar-refractivity contribution in [1.29, 1.82) is 0 Å². The molecule has 1 aromatic carbocycles. The molecule has 0 radical (unpaired) electrons. The van der Waals surface area contributed by atoms with Crippen molar-refractivity contribution >= 4 is 11.9 Å². The number of carbonyl (C=O) groups excluding carboxylic acids is 1. The fourth-order valence-electron chi connectivity index (χ4n) is 1.84. The van der Waals surface area contributed by atoms with Gasteiger partial charge in [-0.1, -0.05) is 43.2 Å². The Balaban J connectivity index is 2.49. The number of rotatable bonds is 8. The van der Waals surface area contributed by atoms with Crippen LogP contribution in [0.4, 0.5) is 0 Å². The second-order valence-corrected chi connectivity index (χ2v) is 5.34. The number of nitrogens with one attached hydrogen (secondary N) is 3. The lowest BCUT2D eigenvalue weighted by Crippen LogP contribution is -2.41. The van der Waals surface area contributed by atoms with Crippen molar-refractivity contribution in [2.75, 3.05) is 19.6 Å². The minimum Gasteiger partial charge on any atom is -0.356 e. The molecule has 0 aromatic heterocycles. The Morgan fingerprint density at radius 3 is 2.32 bits per heavy atom. The molecule has 0 unspecified atom stereocenters. The van der Waals surface area contributed by atoms with Crippen molar-refractivity contribution in [3.63, 3.8) is 0 Å². The minimum absolute atomic E-state index is 0.0149. The van der Waals surface area contributed by atoms with E-state index in [1.807, 2.05) is 0 Å². The summed E-state index contributed by atoms with van der Waals surface area (Å²) in [4.78, 5) is 15.4. The minimum atomic E-state index is -0.0149. The predicted molar refractivity (Wildman–Crippen MR) is 91.9 cm³/mol. The lowest BCUT2D eigenvalue weighted by molar-refractivity contribution is -0.118. The molecule has 3 N–H and O–H groups in total. The van der Waals surface area contributed by atoms with Crippen LogP contribution in [0.5, 0.6) is 0 Å². The van der Waals surface area contributed by atoms with Crippen LogP contribution in [-0.2, 0) is 11.3 Å². The first-order chi connectivity index (χ1) is 10.6. The van der Waals surface area contributed by atoms with Crippen molar-refractivity contribution in [2.24, 2.45) is 4.99 Å². The largest absolute Gasteiger partial charge is 0.356 e. The SMILES string of the molecule is CCCCNC(=NCc1ccc(C)cc1)NCCNC(C)=O. The number of hydrogen-bond acceptors (Lipinski definition) is 2. The lowest BCUT2D eigenvalue weighted by atomic mass is 10.1. The molecule has 1 rings (SSSR count). The predicted octanol–water partition coefficient (Wildman–Crippen LogP) is 1.97. The summed E-state index contributed by atoms with van der Waals surface area (Å²) in [5.74, 6) is 0.776.